The average Bonchev–Trinajstić information content (AvgIpc) is 2.93. The van der Waals surface area contributed by atoms with Crippen molar-refractivity contribution < 1.29 is 4.79 Å². The first-order valence-corrected chi connectivity index (χ1v) is 6.96. The summed E-state index contributed by atoms with van der Waals surface area (Å²) in [5.41, 5.74) is 3.99. The standard InChI is InChI=1S/C16H14N4O/c21-16(15-9-17-6-7-18-15)20-8-5-14-12(10-20)11-3-1-2-4-13(11)19-14/h1-4,6-7,9,19H,5,8,10H2. The number of para-hydroxylation sites is 1. The molecule has 1 amide bonds. The molecular formula is C16H14N4O. The molecule has 0 saturated carbocycles. The molecule has 0 atom stereocenters. The molecule has 0 radical (unpaired) electrons. The number of aromatic amines is 1. The van der Waals surface area contributed by atoms with Gasteiger partial charge in [0.25, 0.3) is 5.91 Å². The number of amides is 1. The first-order chi connectivity index (χ1) is 10.3. The van der Waals surface area contributed by atoms with Crippen molar-refractivity contribution in [2.45, 2.75) is 13.0 Å². The Balaban J connectivity index is 1.69. The first-order valence-electron chi connectivity index (χ1n) is 6.96. The second kappa shape index (κ2) is 4.70. The molecule has 1 aliphatic rings. The fourth-order valence-electron chi connectivity index (χ4n) is 2.91. The number of carbonyl (C=O) groups excluding carboxylic acids is 1. The number of hydrogen-bond donors (Lipinski definition) is 1. The molecule has 0 aliphatic carbocycles. The maximum atomic E-state index is 12.5. The third kappa shape index (κ3) is 1.98. The topological polar surface area (TPSA) is 61.9 Å². The van der Waals surface area contributed by atoms with Crippen LogP contribution in [0.15, 0.2) is 42.9 Å². The van der Waals surface area contributed by atoms with Crippen LogP contribution in [-0.2, 0) is 13.0 Å². The van der Waals surface area contributed by atoms with Gasteiger partial charge in [-0.3, -0.25) is 9.78 Å². The van der Waals surface area contributed by atoms with E-state index in [0.29, 0.717) is 18.8 Å². The maximum Gasteiger partial charge on any atom is 0.274 e. The molecule has 104 valence electrons. The van der Waals surface area contributed by atoms with E-state index in [1.807, 2.05) is 17.0 Å². The van der Waals surface area contributed by atoms with Crippen molar-refractivity contribution in [3.8, 4) is 0 Å². The molecule has 4 rings (SSSR count). The molecule has 1 N–H and O–H groups in total. The molecule has 3 heterocycles. The van der Waals surface area contributed by atoms with Gasteiger partial charge in [0.15, 0.2) is 0 Å². The molecule has 21 heavy (non-hydrogen) atoms. The van der Waals surface area contributed by atoms with E-state index in [-0.39, 0.29) is 5.91 Å². The Morgan fingerprint density at radius 1 is 1.24 bits per heavy atom. The van der Waals surface area contributed by atoms with Gasteiger partial charge in [-0.05, 0) is 6.07 Å². The summed E-state index contributed by atoms with van der Waals surface area (Å²) in [6, 6.07) is 8.22. The fraction of sp³-hybridized carbons (Fsp3) is 0.188. The SMILES string of the molecule is O=C(c1cnccn1)N1CCc2[nH]c3ccccc3c2C1. The van der Waals surface area contributed by atoms with Gasteiger partial charge in [-0.2, -0.15) is 0 Å². The van der Waals surface area contributed by atoms with Crippen molar-refractivity contribution in [3.63, 3.8) is 0 Å². The Bertz CT molecular complexity index is 810. The van der Waals surface area contributed by atoms with E-state index >= 15 is 0 Å². The van der Waals surface area contributed by atoms with E-state index in [0.717, 1.165) is 11.9 Å². The quantitative estimate of drug-likeness (QED) is 0.742. The number of rotatable bonds is 1. The lowest BCUT2D eigenvalue weighted by molar-refractivity contribution is 0.0728. The highest BCUT2D eigenvalue weighted by molar-refractivity contribution is 5.93. The van der Waals surface area contributed by atoms with Crippen LogP contribution in [-0.4, -0.2) is 32.3 Å². The van der Waals surface area contributed by atoms with Crippen LogP contribution in [0.5, 0.6) is 0 Å². The highest BCUT2D eigenvalue weighted by Gasteiger charge is 2.25. The number of H-pyrrole nitrogens is 1. The van der Waals surface area contributed by atoms with Crippen LogP contribution < -0.4 is 0 Å². The average molecular weight is 278 g/mol. The number of nitrogens with one attached hydrogen (secondary N) is 1. The lowest BCUT2D eigenvalue weighted by Crippen LogP contribution is -2.36. The van der Waals surface area contributed by atoms with Gasteiger partial charge in [-0.15, -0.1) is 0 Å². The van der Waals surface area contributed by atoms with Gasteiger partial charge in [-0.25, -0.2) is 4.98 Å². The maximum absolute atomic E-state index is 12.5. The molecule has 0 bridgehead atoms. The van der Waals surface area contributed by atoms with E-state index in [9.17, 15) is 4.79 Å². The van der Waals surface area contributed by atoms with Gasteiger partial charge >= 0.3 is 0 Å². The summed E-state index contributed by atoms with van der Waals surface area (Å²) < 4.78 is 0. The van der Waals surface area contributed by atoms with E-state index in [2.05, 4.69) is 27.1 Å². The normalized spacial score (nSPS) is 14.2. The minimum atomic E-state index is -0.0565. The van der Waals surface area contributed by atoms with Gasteiger partial charge < -0.3 is 9.88 Å². The molecule has 0 saturated heterocycles. The third-order valence-electron chi connectivity index (χ3n) is 3.95. The predicted molar refractivity (Wildman–Crippen MR) is 78.8 cm³/mol. The molecule has 0 spiro atoms. The van der Waals surface area contributed by atoms with Gasteiger partial charge in [-0.1, -0.05) is 18.2 Å². The minimum Gasteiger partial charge on any atom is -0.358 e. The summed E-state index contributed by atoms with van der Waals surface area (Å²) in [6.07, 6.45) is 5.49. The zero-order chi connectivity index (χ0) is 14.2. The van der Waals surface area contributed by atoms with Crippen LogP contribution in [0.4, 0.5) is 0 Å². The molecule has 1 aromatic carbocycles. The van der Waals surface area contributed by atoms with E-state index in [1.54, 1.807) is 12.4 Å². The number of benzene rings is 1. The number of hydrogen-bond acceptors (Lipinski definition) is 3. The summed E-state index contributed by atoms with van der Waals surface area (Å²) in [7, 11) is 0. The van der Waals surface area contributed by atoms with Crippen LogP contribution >= 0.6 is 0 Å². The molecule has 5 heteroatoms. The van der Waals surface area contributed by atoms with Crippen molar-refractivity contribution in [2.75, 3.05) is 6.54 Å². The molecule has 3 aromatic rings. The van der Waals surface area contributed by atoms with Crippen LogP contribution in [0.3, 0.4) is 0 Å². The van der Waals surface area contributed by atoms with Gasteiger partial charge in [0.1, 0.15) is 5.69 Å². The molecule has 0 unspecified atom stereocenters. The van der Waals surface area contributed by atoms with E-state index in [1.165, 1.54) is 22.8 Å². The van der Waals surface area contributed by atoms with Crippen molar-refractivity contribution in [1.29, 1.82) is 0 Å². The Morgan fingerprint density at radius 2 is 2.14 bits per heavy atom. The smallest absolute Gasteiger partial charge is 0.274 e. The van der Waals surface area contributed by atoms with Gasteiger partial charge in [0.2, 0.25) is 0 Å². The Labute approximate surface area is 121 Å². The zero-order valence-corrected chi connectivity index (χ0v) is 11.4. The first kappa shape index (κ1) is 12.1. The van der Waals surface area contributed by atoms with Crippen molar-refractivity contribution in [2.24, 2.45) is 0 Å². The fourth-order valence-corrected chi connectivity index (χ4v) is 2.91. The number of aromatic nitrogens is 3. The lowest BCUT2D eigenvalue weighted by Gasteiger charge is -2.26. The van der Waals surface area contributed by atoms with E-state index < -0.39 is 0 Å². The molecule has 5 nitrogen and oxygen atoms in total. The van der Waals surface area contributed by atoms with Crippen LogP contribution in [0.1, 0.15) is 21.7 Å². The van der Waals surface area contributed by atoms with Crippen molar-refractivity contribution in [1.82, 2.24) is 19.9 Å². The molecule has 2 aromatic heterocycles. The second-order valence-corrected chi connectivity index (χ2v) is 5.20. The van der Waals surface area contributed by atoms with Crippen LogP contribution in [0.2, 0.25) is 0 Å². The zero-order valence-electron chi connectivity index (χ0n) is 11.4. The summed E-state index contributed by atoms with van der Waals surface area (Å²) >= 11 is 0. The minimum absolute atomic E-state index is 0.0565. The van der Waals surface area contributed by atoms with Crippen LogP contribution in [0, 0.1) is 0 Å². The van der Waals surface area contributed by atoms with Crippen molar-refractivity contribution >= 4 is 16.8 Å². The van der Waals surface area contributed by atoms with Crippen molar-refractivity contribution in [3.05, 3.63) is 59.8 Å². The lowest BCUT2D eigenvalue weighted by atomic mass is 10.0. The summed E-state index contributed by atoms with van der Waals surface area (Å²) in [5, 5.41) is 1.20. The number of carbonyl (C=O) groups is 1. The van der Waals surface area contributed by atoms with E-state index in [4.69, 9.17) is 0 Å². The van der Waals surface area contributed by atoms with Gasteiger partial charge in [0.05, 0.1) is 6.20 Å². The largest absolute Gasteiger partial charge is 0.358 e. The summed E-state index contributed by atoms with van der Waals surface area (Å²) in [6.45, 7) is 1.32. The number of fused-ring (bicyclic) bond motifs is 3. The molecule has 1 aliphatic heterocycles. The summed E-state index contributed by atoms with van der Waals surface area (Å²) in [4.78, 5) is 25.8. The summed E-state index contributed by atoms with van der Waals surface area (Å²) in [5.74, 6) is -0.0565. The highest BCUT2D eigenvalue weighted by Crippen LogP contribution is 2.27. The predicted octanol–water partition coefficient (Wildman–Crippen LogP) is 2.16. The number of nitrogens with zero attached hydrogens (tertiary/aromatic N) is 3. The highest BCUT2D eigenvalue weighted by atomic mass is 16.2. The molecular weight excluding hydrogens is 264 g/mol. The molecule has 0 fully saturated rings. The Morgan fingerprint density at radius 3 is 3.00 bits per heavy atom. The third-order valence-corrected chi connectivity index (χ3v) is 3.95. The van der Waals surface area contributed by atoms with Crippen LogP contribution in [0.25, 0.3) is 10.9 Å². The Hall–Kier alpha value is -2.69. The second-order valence-electron chi connectivity index (χ2n) is 5.20. The Kier molecular flexibility index (Phi) is 2.70. The monoisotopic (exact) mass is 278 g/mol. The van der Waals surface area contributed by atoms with Gasteiger partial charge in [0, 0.05) is 54.1 Å².